The summed E-state index contributed by atoms with van der Waals surface area (Å²) in [4.78, 5) is 0. The minimum Gasteiger partial charge on any atom is -0.387 e. The van der Waals surface area contributed by atoms with Crippen molar-refractivity contribution in [3.8, 4) is 12.3 Å². The number of halogens is 2. The zero-order valence-corrected chi connectivity index (χ0v) is 8.38. The summed E-state index contributed by atoms with van der Waals surface area (Å²) in [7, 11) is 0. The molecule has 68 valence electrons. The van der Waals surface area contributed by atoms with Gasteiger partial charge in [0, 0.05) is 16.5 Å². The van der Waals surface area contributed by atoms with Gasteiger partial charge in [-0.3, -0.25) is 0 Å². The van der Waals surface area contributed by atoms with Gasteiger partial charge in [0.05, 0.1) is 6.10 Å². The highest BCUT2D eigenvalue weighted by Gasteiger charge is 2.11. The molecule has 1 N–H and O–H groups in total. The van der Waals surface area contributed by atoms with E-state index in [1.165, 1.54) is 12.1 Å². The summed E-state index contributed by atoms with van der Waals surface area (Å²) < 4.78 is 13.8. The summed E-state index contributed by atoms with van der Waals surface area (Å²) in [5, 5.41) is 9.42. The van der Waals surface area contributed by atoms with Crippen molar-refractivity contribution < 1.29 is 9.50 Å². The number of hydrogen-bond donors (Lipinski definition) is 1. The van der Waals surface area contributed by atoms with Gasteiger partial charge in [0.25, 0.3) is 0 Å². The highest BCUT2D eigenvalue weighted by atomic mass is 79.9. The summed E-state index contributed by atoms with van der Waals surface area (Å²) in [6.07, 6.45) is 4.20. The van der Waals surface area contributed by atoms with Gasteiger partial charge in [0.15, 0.2) is 0 Å². The summed E-state index contributed by atoms with van der Waals surface area (Å²) in [6.45, 7) is 0. The third-order valence-electron chi connectivity index (χ3n) is 1.63. The fourth-order valence-corrected chi connectivity index (χ4v) is 1.37. The first-order valence-electron chi connectivity index (χ1n) is 3.71. The molecule has 0 fully saturated rings. The number of rotatable bonds is 2. The van der Waals surface area contributed by atoms with E-state index in [9.17, 15) is 9.50 Å². The fourth-order valence-electron chi connectivity index (χ4n) is 0.992. The third-order valence-corrected chi connectivity index (χ3v) is 2.12. The second kappa shape index (κ2) is 4.40. The van der Waals surface area contributed by atoms with E-state index < -0.39 is 11.9 Å². The molecule has 1 rings (SSSR count). The van der Waals surface area contributed by atoms with Gasteiger partial charge in [0.1, 0.15) is 5.82 Å². The van der Waals surface area contributed by atoms with E-state index in [-0.39, 0.29) is 12.0 Å². The topological polar surface area (TPSA) is 20.2 Å². The van der Waals surface area contributed by atoms with Gasteiger partial charge in [0.2, 0.25) is 0 Å². The number of terminal acetylenes is 1. The molecule has 0 bridgehead atoms. The minimum absolute atomic E-state index is 0.118. The molecular weight excluding hydrogens is 235 g/mol. The molecule has 1 aromatic rings. The van der Waals surface area contributed by atoms with Crippen LogP contribution in [-0.2, 0) is 0 Å². The molecule has 1 atom stereocenters. The van der Waals surface area contributed by atoms with Crippen molar-refractivity contribution in [2.45, 2.75) is 12.5 Å². The Morgan fingerprint density at radius 3 is 2.92 bits per heavy atom. The van der Waals surface area contributed by atoms with Gasteiger partial charge >= 0.3 is 0 Å². The molecule has 0 aliphatic rings. The molecule has 0 saturated heterocycles. The molecule has 1 nitrogen and oxygen atoms in total. The Balaban J connectivity index is 3.00. The lowest BCUT2D eigenvalue weighted by atomic mass is 10.1. The van der Waals surface area contributed by atoms with Crippen LogP contribution in [0.3, 0.4) is 0 Å². The van der Waals surface area contributed by atoms with Crippen LogP contribution in [0.5, 0.6) is 0 Å². The van der Waals surface area contributed by atoms with Crippen LogP contribution < -0.4 is 0 Å². The van der Waals surface area contributed by atoms with Crippen LogP contribution in [0.4, 0.5) is 4.39 Å². The fraction of sp³-hybridized carbons (Fsp3) is 0.200. The van der Waals surface area contributed by atoms with E-state index in [4.69, 9.17) is 6.42 Å². The van der Waals surface area contributed by atoms with Gasteiger partial charge < -0.3 is 5.11 Å². The molecule has 0 amide bonds. The van der Waals surface area contributed by atoms with Gasteiger partial charge in [-0.1, -0.05) is 15.9 Å². The average Bonchev–Trinajstić information content (AvgIpc) is 2.09. The molecule has 0 radical (unpaired) electrons. The maximum absolute atomic E-state index is 13.1. The Kier molecular flexibility index (Phi) is 3.47. The van der Waals surface area contributed by atoms with Gasteiger partial charge in [-0.25, -0.2) is 4.39 Å². The van der Waals surface area contributed by atoms with E-state index in [1.54, 1.807) is 6.07 Å². The number of benzene rings is 1. The van der Waals surface area contributed by atoms with Crippen molar-refractivity contribution in [2.24, 2.45) is 0 Å². The second-order valence-electron chi connectivity index (χ2n) is 2.59. The summed E-state index contributed by atoms with van der Waals surface area (Å²) in [6, 6.07) is 4.39. The summed E-state index contributed by atoms with van der Waals surface area (Å²) in [5.74, 6) is 1.84. The van der Waals surface area contributed by atoms with Crippen LogP contribution in [0, 0.1) is 18.2 Å². The van der Waals surface area contributed by atoms with Crippen LogP contribution in [-0.4, -0.2) is 5.11 Å². The van der Waals surface area contributed by atoms with Gasteiger partial charge in [-0.05, 0) is 18.2 Å². The van der Waals surface area contributed by atoms with Crippen LogP contribution >= 0.6 is 15.9 Å². The Labute approximate surface area is 84.7 Å². The Morgan fingerprint density at radius 1 is 1.62 bits per heavy atom. The normalized spacial score (nSPS) is 12.2. The van der Waals surface area contributed by atoms with Crippen molar-refractivity contribution >= 4 is 15.9 Å². The minimum atomic E-state index is -0.928. The van der Waals surface area contributed by atoms with E-state index in [2.05, 4.69) is 21.9 Å². The molecule has 1 unspecified atom stereocenters. The lowest BCUT2D eigenvalue weighted by molar-refractivity contribution is 0.179. The summed E-state index contributed by atoms with van der Waals surface area (Å²) >= 11 is 3.19. The quantitative estimate of drug-likeness (QED) is 0.791. The van der Waals surface area contributed by atoms with Crippen LogP contribution in [0.15, 0.2) is 22.7 Å². The van der Waals surface area contributed by atoms with Crippen LogP contribution in [0.25, 0.3) is 0 Å². The monoisotopic (exact) mass is 242 g/mol. The van der Waals surface area contributed by atoms with Crippen molar-refractivity contribution in [3.63, 3.8) is 0 Å². The van der Waals surface area contributed by atoms with Crippen molar-refractivity contribution in [2.75, 3.05) is 0 Å². The van der Waals surface area contributed by atoms with Gasteiger partial charge in [-0.2, -0.15) is 0 Å². The Hall–Kier alpha value is -0.850. The number of aliphatic hydroxyl groups excluding tert-OH is 1. The molecule has 0 saturated carbocycles. The molecule has 0 aliphatic heterocycles. The summed E-state index contributed by atoms with van der Waals surface area (Å²) in [5.41, 5.74) is 0.229. The molecule has 0 spiro atoms. The Morgan fingerprint density at radius 2 is 2.31 bits per heavy atom. The standard InChI is InChI=1S/C10H8BrFO/c1-2-3-10(13)8-6-7(11)4-5-9(8)12/h1,4-6,10,13H,3H2. The first-order chi connectivity index (χ1) is 6.15. The molecule has 1 aromatic carbocycles. The molecule has 0 aromatic heterocycles. The molecule has 3 heteroatoms. The second-order valence-corrected chi connectivity index (χ2v) is 3.51. The lowest BCUT2D eigenvalue weighted by Crippen LogP contribution is -1.99. The van der Waals surface area contributed by atoms with Crippen LogP contribution in [0.1, 0.15) is 18.1 Å². The molecule has 0 heterocycles. The first-order valence-corrected chi connectivity index (χ1v) is 4.51. The molecule has 0 aliphatic carbocycles. The number of aliphatic hydroxyl groups is 1. The van der Waals surface area contributed by atoms with Crippen molar-refractivity contribution in [3.05, 3.63) is 34.1 Å². The van der Waals surface area contributed by atoms with E-state index in [0.717, 1.165) is 4.47 Å². The lowest BCUT2D eigenvalue weighted by Gasteiger charge is -2.08. The predicted octanol–water partition coefficient (Wildman–Crippen LogP) is 2.64. The van der Waals surface area contributed by atoms with Crippen molar-refractivity contribution in [1.82, 2.24) is 0 Å². The molecule has 13 heavy (non-hydrogen) atoms. The third kappa shape index (κ3) is 2.55. The zero-order valence-electron chi connectivity index (χ0n) is 6.80. The van der Waals surface area contributed by atoms with E-state index in [1.807, 2.05) is 0 Å². The average molecular weight is 243 g/mol. The maximum Gasteiger partial charge on any atom is 0.129 e. The largest absolute Gasteiger partial charge is 0.387 e. The predicted molar refractivity (Wildman–Crippen MR) is 52.5 cm³/mol. The maximum atomic E-state index is 13.1. The van der Waals surface area contributed by atoms with Gasteiger partial charge in [-0.15, -0.1) is 12.3 Å². The zero-order chi connectivity index (χ0) is 9.84. The highest BCUT2D eigenvalue weighted by Crippen LogP contribution is 2.23. The highest BCUT2D eigenvalue weighted by molar-refractivity contribution is 9.10. The number of hydrogen-bond acceptors (Lipinski definition) is 1. The smallest absolute Gasteiger partial charge is 0.129 e. The Bertz CT molecular complexity index is 343. The first kappa shape index (κ1) is 10.2. The van der Waals surface area contributed by atoms with Crippen molar-refractivity contribution in [1.29, 1.82) is 0 Å². The SMILES string of the molecule is C#CCC(O)c1cc(Br)ccc1F. The molecular formula is C10H8BrFO. The van der Waals surface area contributed by atoms with E-state index >= 15 is 0 Å². The van der Waals surface area contributed by atoms with Crippen LogP contribution in [0.2, 0.25) is 0 Å². The van der Waals surface area contributed by atoms with E-state index in [0.29, 0.717) is 0 Å².